The summed E-state index contributed by atoms with van der Waals surface area (Å²) >= 11 is 1.44. The maximum Gasteiger partial charge on any atom is 0.278 e. The van der Waals surface area contributed by atoms with E-state index in [1.54, 1.807) is 41.6 Å². The Balaban J connectivity index is 1.97. The normalized spacial score (nSPS) is 11.2. The number of ether oxygens (including phenoxy) is 2. The van der Waals surface area contributed by atoms with Gasteiger partial charge in [-0.15, -0.1) is 0 Å². The number of aromatic nitrogens is 3. The molecular weight excluding hydrogens is 416 g/mol. The zero-order valence-corrected chi connectivity index (χ0v) is 19.5. The second-order valence-electron chi connectivity index (χ2n) is 7.66. The molecule has 0 unspecified atom stereocenters. The predicted octanol–water partition coefficient (Wildman–Crippen LogP) is 3.54. The first-order valence-electron chi connectivity index (χ1n) is 9.95. The van der Waals surface area contributed by atoms with E-state index in [1.165, 1.54) is 11.8 Å². The summed E-state index contributed by atoms with van der Waals surface area (Å²) < 4.78 is 13.9. The van der Waals surface area contributed by atoms with Gasteiger partial charge in [-0.05, 0) is 25.2 Å². The van der Waals surface area contributed by atoms with Crippen molar-refractivity contribution in [2.45, 2.75) is 39.0 Å². The third-order valence-corrected chi connectivity index (χ3v) is 5.52. The number of thioether (sulfide) groups is 1. The van der Waals surface area contributed by atoms with Crippen molar-refractivity contribution < 1.29 is 14.3 Å². The van der Waals surface area contributed by atoms with E-state index in [0.717, 1.165) is 5.69 Å². The molecule has 2 heterocycles. The van der Waals surface area contributed by atoms with E-state index in [-0.39, 0.29) is 18.0 Å². The Kier molecular flexibility index (Phi) is 6.94. The van der Waals surface area contributed by atoms with Gasteiger partial charge in [0.2, 0.25) is 5.91 Å². The van der Waals surface area contributed by atoms with E-state index in [9.17, 15) is 9.59 Å². The number of carbonyl (C=O) groups is 1. The molecular formula is C22H28N4O4S. The number of rotatable bonds is 8. The zero-order chi connectivity index (χ0) is 22.7. The highest BCUT2D eigenvalue weighted by molar-refractivity contribution is 7.98. The first-order valence-corrected chi connectivity index (χ1v) is 11.2. The van der Waals surface area contributed by atoms with Crippen LogP contribution in [0.1, 0.15) is 19.5 Å². The van der Waals surface area contributed by atoms with Gasteiger partial charge < -0.3 is 19.4 Å². The van der Waals surface area contributed by atoms with Crippen molar-refractivity contribution >= 4 is 34.4 Å². The average Bonchev–Trinajstić information content (AvgIpc) is 3.04. The summed E-state index contributed by atoms with van der Waals surface area (Å²) in [5.41, 5.74) is 2.26. The molecule has 3 aromatic rings. The van der Waals surface area contributed by atoms with Gasteiger partial charge >= 0.3 is 0 Å². The van der Waals surface area contributed by atoms with E-state index in [0.29, 0.717) is 45.8 Å². The van der Waals surface area contributed by atoms with Gasteiger partial charge in [0, 0.05) is 36.1 Å². The number of carbonyl (C=O) groups excluding carboxylic acids is 1. The predicted molar refractivity (Wildman–Crippen MR) is 124 cm³/mol. The molecule has 8 nitrogen and oxygen atoms in total. The molecule has 3 rings (SSSR count). The standard InChI is InChI=1S/C22H28N4O4S/c1-13(2)11-26-21(28)20-18(24-22(26)31-6)7-14(3)25(20)12-19(27)23-15-8-16(29-4)10-17(9-15)30-5/h7-10,13H,11-12H2,1-6H3,(H,23,27). The highest BCUT2D eigenvalue weighted by atomic mass is 32.2. The molecule has 0 bridgehead atoms. The van der Waals surface area contributed by atoms with Crippen LogP contribution in [0.3, 0.4) is 0 Å². The summed E-state index contributed by atoms with van der Waals surface area (Å²) in [6.07, 6.45) is 1.91. The Morgan fingerprint density at radius 1 is 1.13 bits per heavy atom. The number of nitrogens with one attached hydrogen (secondary N) is 1. The first-order chi connectivity index (χ1) is 14.8. The van der Waals surface area contributed by atoms with Crippen LogP contribution in [0.4, 0.5) is 5.69 Å². The van der Waals surface area contributed by atoms with Gasteiger partial charge in [0.25, 0.3) is 5.56 Å². The lowest BCUT2D eigenvalue weighted by Gasteiger charge is -2.14. The largest absolute Gasteiger partial charge is 0.497 e. The Bertz CT molecular complexity index is 1140. The van der Waals surface area contributed by atoms with E-state index >= 15 is 0 Å². The molecule has 0 aliphatic heterocycles. The minimum atomic E-state index is -0.264. The van der Waals surface area contributed by atoms with E-state index in [1.807, 2.05) is 19.2 Å². The van der Waals surface area contributed by atoms with Gasteiger partial charge in [-0.25, -0.2) is 4.98 Å². The molecule has 0 aliphatic carbocycles. The molecule has 9 heteroatoms. The number of anilines is 1. The van der Waals surface area contributed by atoms with Crippen LogP contribution < -0.4 is 20.3 Å². The Hall–Kier alpha value is -2.94. The molecule has 31 heavy (non-hydrogen) atoms. The summed E-state index contributed by atoms with van der Waals surface area (Å²) in [4.78, 5) is 30.8. The van der Waals surface area contributed by atoms with E-state index in [2.05, 4.69) is 24.1 Å². The molecule has 1 aromatic carbocycles. The molecule has 166 valence electrons. The zero-order valence-electron chi connectivity index (χ0n) is 18.7. The van der Waals surface area contributed by atoms with Crippen LogP contribution in [0.25, 0.3) is 11.0 Å². The van der Waals surface area contributed by atoms with Crippen LogP contribution in [-0.2, 0) is 17.9 Å². The monoisotopic (exact) mass is 444 g/mol. The highest BCUT2D eigenvalue weighted by Crippen LogP contribution is 2.26. The topological polar surface area (TPSA) is 87.4 Å². The maximum absolute atomic E-state index is 13.3. The Labute approximate surface area is 185 Å². The van der Waals surface area contributed by atoms with Crippen molar-refractivity contribution in [2.75, 3.05) is 25.8 Å². The number of hydrogen-bond donors (Lipinski definition) is 1. The number of benzene rings is 1. The lowest BCUT2D eigenvalue weighted by Crippen LogP contribution is -2.28. The minimum absolute atomic E-state index is 0.00787. The number of fused-ring (bicyclic) bond motifs is 1. The van der Waals surface area contributed by atoms with Crippen molar-refractivity contribution in [3.63, 3.8) is 0 Å². The van der Waals surface area contributed by atoms with E-state index < -0.39 is 0 Å². The average molecular weight is 445 g/mol. The van der Waals surface area contributed by atoms with Crippen molar-refractivity contribution in [1.82, 2.24) is 14.1 Å². The van der Waals surface area contributed by atoms with Crippen LogP contribution in [0.5, 0.6) is 11.5 Å². The second-order valence-corrected chi connectivity index (χ2v) is 8.44. The summed E-state index contributed by atoms with van der Waals surface area (Å²) in [6, 6.07) is 7.00. The molecule has 0 fully saturated rings. The third-order valence-electron chi connectivity index (χ3n) is 4.85. The molecule has 2 aromatic heterocycles. The SMILES string of the molecule is COc1cc(NC(=O)Cn2c(C)cc3nc(SC)n(CC(C)C)c(=O)c32)cc(OC)c1. The molecule has 0 saturated heterocycles. The molecule has 1 N–H and O–H groups in total. The summed E-state index contributed by atoms with van der Waals surface area (Å²) in [6.45, 7) is 6.54. The van der Waals surface area contributed by atoms with Gasteiger partial charge in [0.1, 0.15) is 23.6 Å². The van der Waals surface area contributed by atoms with Crippen LogP contribution >= 0.6 is 11.8 Å². The smallest absolute Gasteiger partial charge is 0.278 e. The van der Waals surface area contributed by atoms with Crippen LogP contribution in [0, 0.1) is 12.8 Å². The van der Waals surface area contributed by atoms with Gasteiger partial charge in [-0.3, -0.25) is 14.2 Å². The van der Waals surface area contributed by atoms with Crippen LogP contribution in [0.15, 0.2) is 34.2 Å². The number of aryl methyl sites for hydroxylation is 1. The number of methoxy groups -OCH3 is 2. The van der Waals surface area contributed by atoms with Gasteiger partial charge in [-0.1, -0.05) is 25.6 Å². The maximum atomic E-state index is 13.3. The van der Waals surface area contributed by atoms with Crippen molar-refractivity contribution in [3.8, 4) is 11.5 Å². The minimum Gasteiger partial charge on any atom is -0.497 e. The fourth-order valence-electron chi connectivity index (χ4n) is 3.46. The first kappa shape index (κ1) is 22.7. The number of nitrogens with zero attached hydrogens (tertiary/aromatic N) is 3. The van der Waals surface area contributed by atoms with Gasteiger partial charge in [0.05, 0.1) is 19.7 Å². The molecule has 0 spiro atoms. The Morgan fingerprint density at radius 3 is 2.32 bits per heavy atom. The number of amides is 1. The quantitative estimate of drug-likeness (QED) is 0.422. The van der Waals surface area contributed by atoms with Gasteiger partial charge in [0.15, 0.2) is 5.16 Å². The molecule has 0 saturated carbocycles. The van der Waals surface area contributed by atoms with E-state index in [4.69, 9.17) is 9.47 Å². The van der Waals surface area contributed by atoms with Crippen LogP contribution in [0.2, 0.25) is 0 Å². The molecule has 0 atom stereocenters. The third kappa shape index (κ3) is 4.87. The summed E-state index contributed by atoms with van der Waals surface area (Å²) in [5, 5.41) is 3.53. The van der Waals surface area contributed by atoms with Gasteiger partial charge in [-0.2, -0.15) is 0 Å². The van der Waals surface area contributed by atoms with Crippen molar-refractivity contribution in [2.24, 2.45) is 5.92 Å². The fourth-order valence-corrected chi connectivity index (χ4v) is 4.02. The summed E-state index contributed by atoms with van der Waals surface area (Å²) in [7, 11) is 3.10. The molecule has 0 radical (unpaired) electrons. The fraction of sp³-hybridized carbons (Fsp3) is 0.409. The molecule has 0 aliphatic rings. The molecule has 1 amide bonds. The number of hydrogen-bond acceptors (Lipinski definition) is 6. The Morgan fingerprint density at radius 2 is 1.77 bits per heavy atom. The highest BCUT2D eigenvalue weighted by Gasteiger charge is 2.19. The summed E-state index contributed by atoms with van der Waals surface area (Å²) in [5.74, 6) is 1.17. The van der Waals surface area contributed by atoms with Crippen LogP contribution in [-0.4, -0.2) is 40.5 Å². The lowest BCUT2D eigenvalue weighted by atomic mass is 10.2. The van der Waals surface area contributed by atoms with Crippen molar-refractivity contribution in [1.29, 1.82) is 0 Å². The second kappa shape index (κ2) is 9.47. The lowest BCUT2D eigenvalue weighted by molar-refractivity contribution is -0.116. The van der Waals surface area contributed by atoms with Crippen molar-refractivity contribution in [3.05, 3.63) is 40.3 Å².